The number of rotatable bonds is 16. The first kappa shape index (κ1) is 35.1. The van der Waals surface area contributed by atoms with Crippen molar-refractivity contribution in [1.29, 1.82) is 0 Å². The first-order valence-corrected chi connectivity index (χ1v) is 15.7. The van der Waals surface area contributed by atoms with E-state index in [1.165, 1.54) is 0 Å². The summed E-state index contributed by atoms with van der Waals surface area (Å²) in [5.74, 6) is -1.07. The lowest BCUT2D eigenvalue weighted by Crippen LogP contribution is -2.48. The summed E-state index contributed by atoms with van der Waals surface area (Å²) in [7, 11) is -2.69. The van der Waals surface area contributed by atoms with Gasteiger partial charge in [0.1, 0.15) is 12.1 Å². The highest BCUT2D eigenvalue weighted by molar-refractivity contribution is 9.10. The maximum Gasteiger partial charge on any atom is 0.701 e. The lowest BCUT2D eigenvalue weighted by atomic mass is 10.1. The molecule has 0 aliphatic heterocycles. The summed E-state index contributed by atoms with van der Waals surface area (Å²) in [6.45, 7) is 2.82. The van der Waals surface area contributed by atoms with Gasteiger partial charge in [0.25, 0.3) is 0 Å². The molecule has 0 radical (unpaired) electrons. The second-order valence-electron chi connectivity index (χ2n) is 8.75. The van der Waals surface area contributed by atoms with Gasteiger partial charge < -0.3 is 31.9 Å². The van der Waals surface area contributed by atoms with Crippen molar-refractivity contribution in [2.75, 3.05) is 24.1 Å². The maximum atomic E-state index is 12.5. The average Bonchev–Trinajstić information content (AvgIpc) is 2.95. The van der Waals surface area contributed by atoms with Gasteiger partial charge in [0.05, 0.1) is 0 Å². The number of urea groups is 2. The first-order valence-electron chi connectivity index (χ1n) is 13.1. The van der Waals surface area contributed by atoms with E-state index in [0.717, 1.165) is 8.95 Å². The van der Waals surface area contributed by atoms with E-state index in [0.29, 0.717) is 37.1 Å². The number of halogens is 2. The van der Waals surface area contributed by atoms with Crippen LogP contribution in [0.25, 0.3) is 0 Å². The fraction of sp³-hybridized carbons (Fsp3) is 0.385. The second kappa shape index (κ2) is 19.2. The van der Waals surface area contributed by atoms with Gasteiger partial charge in [0.15, 0.2) is 13.5 Å². The van der Waals surface area contributed by atoms with Gasteiger partial charge in [0.2, 0.25) is 11.8 Å². The highest BCUT2D eigenvalue weighted by Gasteiger charge is 2.26. The minimum atomic E-state index is -2.69. The molecule has 0 unspecified atom stereocenters. The van der Waals surface area contributed by atoms with E-state index < -0.39 is 57.7 Å². The molecule has 0 aliphatic carbocycles. The Morgan fingerprint density at radius 1 is 0.690 bits per heavy atom. The summed E-state index contributed by atoms with van der Waals surface area (Å²) in [5.41, 5.74) is 1.11. The van der Waals surface area contributed by atoms with E-state index in [1.54, 1.807) is 48.5 Å². The van der Waals surface area contributed by atoms with Crippen molar-refractivity contribution >= 4 is 75.4 Å². The Morgan fingerprint density at radius 2 is 1.05 bits per heavy atom. The number of carbonyl (C=O) groups excluding carboxylic acids is 4. The fourth-order valence-corrected chi connectivity index (χ4v) is 4.37. The Kier molecular flexibility index (Phi) is 16.0. The van der Waals surface area contributed by atoms with Crippen LogP contribution in [0.4, 0.5) is 21.0 Å². The molecule has 2 aromatic carbocycles. The highest BCUT2D eigenvalue weighted by atomic mass is 79.9. The standard InChI is InChI=1S/C26H33Br2N6O7P/c1-3-5-21(33-25(37)31-19-11-7-17(27)8-12-19)23(35)29-15-40-42(39)41-16-30-24(36)22(6-4-2)34-26(38)32-20-13-9-18(28)10-14-20/h7-14,21-22H,3-6,15-16H2,1-2H3,(H5-,29,30,31,32,33,34,35,36,37,38)/p+1/t21-,22-/m0/s1. The fourth-order valence-electron chi connectivity index (χ4n) is 3.43. The minimum absolute atomic E-state index is 0.363. The third-order valence-electron chi connectivity index (χ3n) is 5.44. The molecule has 0 aromatic heterocycles. The molecular weight excluding hydrogens is 699 g/mol. The van der Waals surface area contributed by atoms with Gasteiger partial charge in [-0.05, 0) is 61.4 Å². The van der Waals surface area contributed by atoms with Crippen molar-refractivity contribution in [1.82, 2.24) is 21.3 Å². The molecule has 2 aromatic rings. The van der Waals surface area contributed by atoms with E-state index in [-0.39, 0.29) is 0 Å². The molecule has 0 bridgehead atoms. The molecule has 2 rings (SSSR count). The predicted octanol–water partition coefficient (Wildman–Crippen LogP) is 5.33. The molecule has 228 valence electrons. The Balaban J connectivity index is 1.71. The van der Waals surface area contributed by atoms with Crippen molar-refractivity contribution in [2.45, 2.75) is 51.6 Å². The monoisotopic (exact) mass is 731 g/mol. The molecule has 6 amide bonds. The number of hydrogen-bond donors (Lipinski definition) is 6. The summed E-state index contributed by atoms with van der Waals surface area (Å²) >= 11 is 6.63. The number of benzene rings is 2. The summed E-state index contributed by atoms with van der Waals surface area (Å²) in [5, 5.41) is 15.4. The zero-order valence-corrected chi connectivity index (χ0v) is 27.1. The summed E-state index contributed by atoms with van der Waals surface area (Å²) in [4.78, 5) is 49.7. The minimum Gasteiger partial charge on any atom is -0.327 e. The van der Waals surface area contributed by atoms with Crippen molar-refractivity contribution in [3.63, 3.8) is 0 Å². The van der Waals surface area contributed by atoms with Crippen LogP contribution in [0.2, 0.25) is 0 Å². The zero-order chi connectivity index (χ0) is 30.9. The van der Waals surface area contributed by atoms with E-state index in [1.807, 2.05) is 13.8 Å². The third-order valence-corrected chi connectivity index (χ3v) is 7.17. The Hall–Kier alpha value is -3.10. The number of carbonyl (C=O) groups is 4. The summed E-state index contributed by atoms with van der Waals surface area (Å²) in [6, 6.07) is 11.1. The van der Waals surface area contributed by atoms with Gasteiger partial charge >= 0.3 is 20.3 Å². The van der Waals surface area contributed by atoms with E-state index >= 15 is 0 Å². The number of hydrogen-bond acceptors (Lipinski definition) is 7. The van der Waals surface area contributed by atoms with Gasteiger partial charge in [-0.15, -0.1) is 0 Å². The second-order valence-corrected chi connectivity index (χ2v) is 11.5. The van der Waals surface area contributed by atoms with Crippen LogP contribution < -0.4 is 31.9 Å². The highest BCUT2D eigenvalue weighted by Crippen LogP contribution is 2.22. The predicted molar refractivity (Wildman–Crippen MR) is 166 cm³/mol. The molecule has 0 saturated heterocycles. The maximum absolute atomic E-state index is 12.5. The van der Waals surface area contributed by atoms with Crippen LogP contribution >= 0.6 is 40.1 Å². The van der Waals surface area contributed by atoms with Gasteiger partial charge in [-0.25, -0.2) is 9.59 Å². The number of anilines is 2. The topological polar surface area (TPSA) is 176 Å². The first-order chi connectivity index (χ1) is 20.1. The van der Waals surface area contributed by atoms with Crippen LogP contribution in [0.15, 0.2) is 57.5 Å². The van der Waals surface area contributed by atoms with Gasteiger partial charge in [-0.2, -0.15) is 0 Å². The molecule has 0 saturated carbocycles. The molecule has 0 aliphatic rings. The van der Waals surface area contributed by atoms with Gasteiger partial charge in [0, 0.05) is 24.9 Å². The SMILES string of the molecule is CCC[C@H](NC(=O)Nc1ccc(Br)cc1)C(=O)NCO[P+](=O)OCNC(=O)[C@H](CCC)NC(=O)Nc1ccc(Br)cc1. The molecule has 13 nitrogen and oxygen atoms in total. The van der Waals surface area contributed by atoms with E-state index in [2.05, 4.69) is 63.8 Å². The molecule has 0 heterocycles. The quantitative estimate of drug-likeness (QED) is 0.0999. The Morgan fingerprint density at radius 3 is 1.38 bits per heavy atom. The number of amides is 6. The van der Waals surface area contributed by atoms with Crippen molar-refractivity contribution in [2.24, 2.45) is 0 Å². The zero-order valence-electron chi connectivity index (χ0n) is 23.1. The van der Waals surface area contributed by atoms with Crippen LogP contribution in [0.3, 0.4) is 0 Å². The lowest BCUT2D eigenvalue weighted by molar-refractivity contribution is -0.124. The van der Waals surface area contributed by atoms with Gasteiger partial charge in [-0.1, -0.05) is 67.6 Å². The summed E-state index contributed by atoms with van der Waals surface area (Å²) in [6.07, 6.45) is 1.97. The molecule has 0 spiro atoms. The smallest absolute Gasteiger partial charge is 0.327 e. The third kappa shape index (κ3) is 13.7. The van der Waals surface area contributed by atoms with Crippen LogP contribution in [-0.2, 0) is 23.2 Å². The number of nitrogens with one attached hydrogen (secondary N) is 6. The van der Waals surface area contributed by atoms with E-state index in [4.69, 9.17) is 9.05 Å². The van der Waals surface area contributed by atoms with Crippen molar-refractivity contribution < 1.29 is 32.8 Å². The molecule has 2 atom stereocenters. The van der Waals surface area contributed by atoms with Gasteiger partial charge in [-0.3, -0.25) is 9.59 Å². The average molecular weight is 733 g/mol. The normalized spacial score (nSPS) is 11.9. The van der Waals surface area contributed by atoms with Crippen molar-refractivity contribution in [3.05, 3.63) is 57.5 Å². The van der Waals surface area contributed by atoms with Crippen molar-refractivity contribution in [3.8, 4) is 0 Å². The van der Waals surface area contributed by atoms with Crippen LogP contribution in [0, 0.1) is 0 Å². The molecule has 42 heavy (non-hydrogen) atoms. The molecule has 0 fully saturated rings. The van der Waals surface area contributed by atoms with Crippen LogP contribution in [0.1, 0.15) is 39.5 Å². The van der Waals surface area contributed by atoms with Crippen LogP contribution in [0.5, 0.6) is 0 Å². The van der Waals surface area contributed by atoms with Crippen LogP contribution in [-0.4, -0.2) is 49.4 Å². The molecular formula is C26H34Br2N6O7P+. The Labute approximate surface area is 261 Å². The largest absolute Gasteiger partial charge is 0.701 e. The lowest BCUT2D eigenvalue weighted by Gasteiger charge is -2.17. The van der Waals surface area contributed by atoms with E-state index in [9.17, 15) is 23.7 Å². The molecule has 16 heteroatoms. The summed E-state index contributed by atoms with van der Waals surface area (Å²) < 4.78 is 23.7. The molecule has 6 N–H and O–H groups in total. The Bertz CT molecular complexity index is 1110.